The van der Waals surface area contributed by atoms with Gasteiger partial charge in [0.15, 0.2) is 5.96 Å². The molecule has 1 aromatic carbocycles. The Bertz CT molecular complexity index is 819. The maximum Gasteiger partial charge on any atom is 0.191 e. The van der Waals surface area contributed by atoms with Crippen molar-refractivity contribution in [2.45, 2.75) is 39.2 Å². The highest BCUT2D eigenvalue weighted by molar-refractivity contribution is 14.0. The summed E-state index contributed by atoms with van der Waals surface area (Å²) in [7, 11) is 0. The van der Waals surface area contributed by atoms with Gasteiger partial charge in [0.25, 0.3) is 0 Å². The number of fused-ring (bicyclic) bond motifs is 1. The topological polar surface area (TPSA) is 48.9 Å². The van der Waals surface area contributed by atoms with Crippen LogP contribution in [0.15, 0.2) is 40.7 Å². The summed E-state index contributed by atoms with van der Waals surface area (Å²) in [5.74, 6) is 2.70. The second-order valence-corrected chi connectivity index (χ2v) is 9.27. The highest BCUT2D eigenvalue weighted by atomic mass is 127. The van der Waals surface area contributed by atoms with Gasteiger partial charge in [-0.05, 0) is 73.8 Å². The van der Waals surface area contributed by atoms with Gasteiger partial charge in [-0.15, -0.1) is 35.3 Å². The number of aliphatic imine (C=N–C) groups is 1. The average Bonchev–Trinajstić information content (AvgIpc) is 3.44. The number of likely N-dealkylation sites (tertiary alicyclic amines) is 1. The molecule has 2 N–H and O–H groups in total. The van der Waals surface area contributed by atoms with E-state index < -0.39 is 0 Å². The molecule has 0 saturated carbocycles. The molecule has 2 aliphatic heterocycles. The first-order chi connectivity index (χ1) is 14.8. The van der Waals surface area contributed by atoms with Crippen molar-refractivity contribution in [2.75, 3.05) is 39.3 Å². The number of nitrogens with zero attached hydrogens (tertiary/aromatic N) is 2. The molecule has 1 fully saturated rings. The summed E-state index contributed by atoms with van der Waals surface area (Å²) < 4.78 is 5.60. The highest BCUT2D eigenvalue weighted by Gasteiger charge is 2.19. The molecule has 0 atom stereocenters. The molecule has 0 bridgehead atoms. The van der Waals surface area contributed by atoms with Crippen molar-refractivity contribution in [3.8, 4) is 5.75 Å². The number of piperidine rings is 1. The minimum absolute atomic E-state index is 0. The molecule has 31 heavy (non-hydrogen) atoms. The van der Waals surface area contributed by atoms with E-state index in [0.29, 0.717) is 5.92 Å². The lowest BCUT2D eigenvalue weighted by Gasteiger charge is -2.31. The molecule has 170 valence electrons. The van der Waals surface area contributed by atoms with E-state index in [1.807, 2.05) is 11.3 Å². The van der Waals surface area contributed by atoms with Crippen LogP contribution in [0.4, 0.5) is 0 Å². The van der Waals surface area contributed by atoms with Crippen molar-refractivity contribution in [2.24, 2.45) is 10.9 Å². The Labute approximate surface area is 207 Å². The molecule has 1 saturated heterocycles. The van der Waals surface area contributed by atoms with E-state index in [1.54, 1.807) is 0 Å². The van der Waals surface area contributed by atoms with Gasteiger partial charge in [0.05, 0.1) is 6.61 Å². The van der Waals surface area contributed by atoms with Crippen molar-refractivity contribution in [1.29, 1.82) is 0 Å². The Balaban J connectivity index is 0.00000272. The maximum absolute atomic E-state index is 5.60. The van der Waals surface area contributed by atoms with Gasteiger partial charge in [-0.3, -0.25) is 9.89 Å². The predicted octanol–water partition coefficient (Wildman–Crippen LogP) is 4.31. The van der Waals surface area contributed by atoms with E-state index in [0.717, 1.165) is 57.3 Å². The molecular formula is C24H35IN4OS. The van der Waals surface area contributed by atoms with E-state index in [4.69, 9.17) is 9.73 Å². The van der Waals surface area contributed by atoms with Gasteiger partial charge in [0.1, 0.15) is 5.75 Å². The maximum atomic E-state index is 5.60. The van der Waals surface area contributed by atoms with Gasteiger partial charge in [0.2, 0.25) is 0 Å². The molecule has 0 unspecified atom stereocenters. The van der Waals surface area contributed by atoms with Crippen LogP contribution in [0.1, 0.15) is 35.8 Å². The van der Waals surface area contributed by atoms with Crippen molar-refractivity contribution >= 4 is 41.3 Å². The van der Waals surface area contributed by atoms with Crippen LogP contribution >= 0.6 is 35.3 Å². The molecule has 0 amide bonds. The smallest absolute Gasteiger partial charge is 0.191 e. The Morgan fingerprint density at radius 2 is 2.10 bits per heavy atom. The summed E-state index contributed by atoms with van der Waals surface area (Å²) in [6.45, 7) is 9.12. The van der Waals surface area contributed by atoms with Gasteiger partial charge in [-0.1, -0.05) is 18.2 Å². The fraction of sp³-hybridized carbons (Fsp3) is 0.542. The summed E-state index contributed by atoms with van der Waals surface area (Å²) in [6.07, 6.45) is 4.52. The molecule has 2 aliphatic rings. The summed E-state index contributed by atoms with van der Waals surface area (Å²) >= 11 is 1.86. The number of hydrogen-bond acceptors (Lipinski definition) is 4. The van der Waals surface area contributed by atoms with Crippen molar-refractivity contribution < 1.29 is 4.74 Å². The van der Waals surface area contributed by atoms with Crippen molar-refractivity contribution in [3.63, 3.8) is 0 Å². The van der Waals surface area contributed by atoms with Gasteiger partial charge >= 0.3 is 0 Å². The van der Waals surface area contributed by atoms with E-state index in [1.165, 1.54) is 41.9 Å². The Hall–Kier alpha value is -1.32. The molecule has 0 spiro atoms. The van der Waals surface area contributed by atoms with Gasteiger partial charge in [-0.2, -0.15) is 0 Å². The van der Waals surface area contributed by atoms with Crippen LogP contribution in [0.2, 0.25) is 0 Å². The molecule has 5 nitrogen and oxygen atoms in total. The third-order valence-electron chi connectivity index (χ3n) is 5.98. The molecule has 0 radical (unpaired) electrons. The van der Waals surface area contributed by atoms with E-state index in [9.17, 15) is 0 Å². The number of ether oxygens (including phenoxy) is 1. The molecule has 3 heterocycles. The number of rotatable bonds is 8. The highest BCUT2D eigenvalue weighted by Crippen LogP contribution is 2.26. The van der Waals surface area contributed by atoms with Crippen LogP contribution in [-0.2, 0) is 19.4 Å². The monoisotopic (exact) mass is 554 g/mol. The number of hydrogen-bond donors (Lipinski definition) is 2. The molecule has 7 heteroatoms. The van der Waals surface area contributed by atoms with Gasteiger partial charge < -0.3 is 15.4 Å². The molecule has 1 aromatic heterocycles. The third kappa shape index (κ3) is 7.36. The lowest BCUT2D eigenvalue weighted by atomic mass is 9.97. The third-order valence-corrected chi connectivity index (χ3v) is 6.84. The minimum Gasteiger partial charge on any atom is -0.493 e. The second kappa shape index (κ2) is 12.6. The first kappa shape index (κ1) is 24.3. The zero-order valence-electron chi connectivity index (χ0n) is 18.4. The summed E-state index contributed by atoms with van der Waals surface area (Å²) in [5, 5.41) is 9.08. The lowest BCUT2D eigenvalue weighted by Crippen LogP contribution is -2.39. The van der Waals surface area contributed by atoms with Crippen LogP contribution in [0, 0.1) is 5.92 Å². The molecule has 2 aromatic rings. The largest absolute Gasteiger partial charge is 0.493 e. The normalized spacial score (nSPS) is 17.0. The van der Waals surface area contributed by atoms with E-state index in [-0.39, 0.29) is 24.0 Å². The average molecular weight is 555 g/mol. The van der Waals surface area contributed by atoms with Crippen LogP contribution < -0.4 is 15.4 Å². The molecular weight excluding hydrogens is 519 g/mol. The van der Waals surface area contributed by atoms with Crippen molar-refractivity contribution in [3.05, 3.63) is 51.7 Å². The first-order valence-corrected chi connectivity index (χ1v) is 12.2. The number of nitrogens with one attached hydrogen (secondary N) is 2. The molecule has 4 rings (SSSR count). The lowest BCUT2D eigenvalue weighted by molar-refractivity contribution is 0.182. The predicted molar refractivity (Wildman–Crippen MR) is 141 cm³/mol. The summed E-state index contributed by atoms with van der Waals surface area (Å²) in [4.78, 5) is 8.94. The number of halogens is 1. The fourth-order valence-electron chi connectivity index (χ4n) is 4.23. The number of benzene rings is 1. The second-order valence-electron chi connectivity index (χ2n) is 8.24. The molecule has 0 aliphatic carbocycles. The number of guanidine groups is 1. The minimum atomic E-state index is 0. The van der Waals surface area contributed by atoms with Crippen LogP contribution in [-0.4, -0.2) is 50.2 Å². The first-order valence-electron chi connectivity index (χ1n) is 11.3. The van der Waals surface area contributed by atoms with Crippen LogP contribution in [0.25, 0.3) is 0 Å². The fourth-order valence-corrected chi connectivity index (χ4v) is 4.98. The SMILES string of the molecule is CCNC(=NCC1CCN(Cc2cccs2)CC1)NCCc1ccc2c(c1)CCO2.I. The summed E-state index contributed by atoms with van der Waals surface area (Å²) in [6, 6.07) is 11.0. The van der Waals surface area contributed by atoms with E-state index in [2.05, 4.69) is 58.2 Å². The zero-order valence-corrected chi connectivity index (χ0v) is 21.6. The van der Waals surface area contributed by atoms with E-state index >= 15 is 0 Å². The van der Waals surface area contributed by atoms with Crippen LogP contribution in [0.3, 0.4) is 0 Å². The zero-order chi connectivity index (χ0) is 20.6. The van der Waals surface area contributed by atoms with Gasteiger partial charge in [0, 0.05) is 37.5 Å². The van der Waals surface area contributed by atoms with Gasteiger partial charge in [-0.25, -0.2) is 0 Å². The summed E-state index contributed by atoms with van der Waals surface area (Å²) in [5.41, 5.74) is 2.71. The van der Waals surface area contributed by atoms with Crippen molar-refractivity contribution in [1.82, 2.24) is 15.5 Å². The quantitative estimate of drug-likeness (QED) is 0.290. The Morgan fingerprint density at radius 3 is 2.87 bits per heavy atom. The Kier molecular flexibility index (Phi) is 9.93. The standard InChI is InChI=1S/C24H34N4OS.HI/c1-2-25-24(26-11-7-19-5-6-23-21(16-19)10-14-29-23)27-17-20-8-12-28(13-9-20)18-22-4-3-15-30-22;/h3-6,15-16,20H,2,7-14,17-18H2,1H3,(H2,25,26,27);1H. The number of thiophene rings is 1. The Morgan fingerprint density at radius 1 is 1.23 bits per heavy atom. The van der Waals surface area contributed by atoms with Crippen LogP contribution in [0.5, 0.6) is 5.75 Å².